The lowest BCUT2D eigenvalue weighted by Gasteiger charge is -2.35. The molecular formula is C25H23N3O7. The molecule has 1 aromatic carbocycles. The summed E-state index contributed by atoms with van der Waals surface area (Å²) < 4.78 is 23.6. The Morgan fingerprint density at radius 1 is 1.14 bits per heavy atom. The summed E-state index contributed by atoms with van der Waals surface area (Å²) in [4.78, 5) is 43.6. The molecule has 3 aliphatic rings. The Kier molecular flexibility index (Phi) is 4.65. The second kappa shape index (κ2) is 7.54. The summed E-state index contributed by atoms with van der Waals surface area (Å²) >= 11 is 0. The zero-order chi connectivity index (χ0) is 24.5. The van der Waals surface area contributed by atoms with E-state index < -0.39 is 24.1 Å². The van der Waals surface area contributed by atoms with Crippen molar-refractivity contribution in [3.05, 3.63) is 50.8 Å². The van der Waals surface area contributed by atoms with Gasteiger partial charge in [0.1, 0.15) is 6.61 Å². The predicted octanol–water partition coefficient (Wildman–Crippen LogP) is 1.88. The first kappa shape index (κ1) is 21.6. The number of nitrogens with zero attached hydrogens (tertiary/aromatic N) is 2. The van der Waals surface area contributed by atoms with Crippen LogP contribution in [-0.4, -0.2) is 34.8 Å². The summed E-state index contributed by atoms with van der Waals surface area (Å²) in [5.74, 6) is -0.187. The van der Waals surface area contributed by atoms with E-state index in [-0.39, 0.29) is 30.9 Å². The van der Waals surface area contributed by atoms with Crippen molar-refractivity contribution in [1.29, 1.82) is 0 Å². The number of aryl methyl sites for hydroxylation is 1. The molecule has 0 saturated carbocycles. The number of rotatable bonds is 4. The van der Waals surface area contributed by atoms with Gasteiger partial charge in [0.2, 0.25) is 12.4 Å². The normalized spacial score (nSPS) is 19.2. The van der Waals surface area contributed by atoms with E-state index >= 15 is 0 Å². The number of hydrogen-bond donors (Lipinski definition) is 1. The van der Waals surface area contributed by atoms with Crippen LogP contribution >= 0.6 is 0 Å². The van der Waals surface area contributed by atoms with Gasteiger partial charge in [-0.2, -0.15) is 0 Å². The van der Waals surface area contributed by atoms with Crippen molar-refractivity contribution >= 4 is 22.8 Å². The van der Waals surface area contributed by atoms with Gasteiger partial charge in [-0.1, -0.05) is 13.8 Å². The average molecular weight is 477 g/mol. The quantitative estimate of drug-likeness (QED) is 0.438. The van der Waals surface area contributed by atoms with E-state index in [1.165, 1.54) is 0 Å². The second-order valence-electron chi connectivity index (χ2n) is 8.74. The highest BCUT2D eigenvalue weighted by atomic mass is 16.7. The van der Waals surface area contributed by atoms with E-state index in [2.05, 4.69) is 6.92 Å². The maximum atomic E-state index is 13.6. The fraction of sp³-hybridized carbons (Fsp3) is 0.360. The number of benzene rings is 1. The van der Waals surface area contributed by atoms with E-state index in [4.69, 9.17) is 29.7 Å². The summed E-state index contributed by atoms with van der Waals surface area (Å²) in [6, 6.07) is 5.51. The minimum absolute atomic E-state index is 0.0924. The Morgan fingerprint density at radius 2 is 1.91 bits per heavy atom. The molecule has 0 saturated heterocycles. The van der Waals surface area contributed by atoms with Crippen LogP contribution in [0.15, 0.2) is 23.0 Å². The van der Waals surface area contributed by atoms with Gasteiger partial charge in [0.15, 0.2) is 11.5 Å². The topological polar surface area (TPSA) is 132 Å². The van der Waals surface area contributed by atoms with Crippen LogP contribution in [0.25, 0.3) is 22.3 Å². The maximum Gasteiger partial charge on any atom is 0.355 e. The molecule has 35 heavy (non-hydrogen) atoms. The van der Waals surface area contributed by atoms with Gasteiger partial charge in [-0.05, 0) is 30.5 Å². The zero-order valence-electron chi connectivity index (χ0n) is 19.3. The number of carbonyl (C=O) groups is 2. The third-order valence-electron chi connectivity index (χ3n) is 7.08. The van der Waals surface area contributed by atoms with Crippen LogP contribution in [0.1, 0.15) is 42.5 Å². The molecule has 6 rings (SSSR count). The highest BCUT2D eigenvalue weighted by Crippen LogP contribution is 2.44. The molecule has 10 nitrogen and oxygen atoms in total. The highest BCUT2D eigenvalue weighted by Gasteiger charge is 2.50. The summed E-state index contributed by atoms with van der Waals surface area (Å²) in [7, 11) is 0. The number of aromatic nitrogens is 2. The van der Waals surface area contributed by atoms with E-state index in [0.717, 1.165) is 28.5 Å². The van der Waals surface area contributed by atoms with Gasteiger partial charge in [0.05, 0.1) is 35.6 Å². The Bertz CT molecular complexity index is 1510. The minimum Gasteiger partial charge on any atom is -0.457 e. The van der Waals surface area contributed by atoms with E-state index in [0.29, 0.717) is 35.0 Å². The molecule has 2 aromatic heterocycles. The van der Waals surface area contributed by atoms with Crippen LogP contribution in [0.4, 0.5) is 0 Å². The molecular weight excluding hydrogens is 454 g/mol. The van der Waals surface area contributed by atoms with Crippen LogP contribution in [0.3, 0.4) is 0 Å². The number of ether oxygens (including phenoxy) is 4. The van der Waals surface area contributed by atoms with Crippen LogP contribution < -0.4 is 20.8 Å². The van der Waals surface area contributed by atoms with Gasteiger partial charge in [-0.15, -0.1) is 0 Å². The molecule has 0 fully saturated rings. The van der Waals surface area contributed by atoms with E-state index in [1.807, 2.05) is 12.1 Å². The molecule has 0 radical (unpaired) electrons. The zero-order valence-corrected chi connectivity index (χ0v) is 19.3. The maximum absolute atomic E-state index is 13.6. The third-order valence-corrected chi connectivity index (χ3v) is 7.08. The summed E-state index contributed by atoms with van der Waals surface area (Å²) in [5.41, 5.74) is 7.97. The lowest BCUT2D eigenvalue weighted by atomic mass is 9.85. The van der Waals surface area contributed by atoms with Gasteiger partial charge in [0, 0.05) is 22.6 Å². The van der Waals surface area contributed by atoms with Gasteiger partial charge in [-0.25, -0.2) is 9.78 Å². The molecule has 1 atom stereocenters. The lowest BCUT2D eigenvalue weighted by Crippen LogP contribution is -2.48. The number of cyclic esters (lactones) is 1. The fourth-order valence-electron chi connectivity index (χ4n) is 5.35. The SMILES string of the molecule is CCc1c2c(nc3cc4c(cc13)OCO4)-c1cc3c(c(=O)n1C2)COC(=O)[C@@]3(CC)OC(=O)CN. The molecule has 3 aromatic rings. The number of nitrogens with two attached hydrogens (primary N) is 1. The summed E-state index contributed by atoms with van der Waals surface area (Å²) in [6.45, 7) is 3.66. The molecule has 0 spiro atoms. The van der Waals surface area contributed by atoms with Crippen LogP contribution in [-0.2, 0) is 44.2 Å². The van der Waals surface area contributed by atoms with Crippen molar-refractivity contribution < 1.29 is 28.5 Å². The van der Waals surface area contributed by atoms with Crippen LogP contribution in [0, 0.1) is 0 Å². The van der Waals surface area contributed by atoms with Crippen molar-refractivity contribution in [2.75, 3.05) is 13.3 Å². The molecule has 3 aliphatic heterocycles. The van der Waals surface area contributed by atoms with Crippen molar-refractivity contribution in [2.45, 2.75) is 45.4 Å². The Morgan fingerprint density at radius 3 is 2.63 bits per heavy atom. The first-order valence-electron chi connectivity index (χ1n) is 11.5. The predicted molar refractivity (Wildman–Crippen MR) is 123 cm³/mol. The average Bonchev–Trinajstić information content (AvgIpc) is 3.47. The van der Waals surface area contributed by atoms with Crippen LogP contribution in [0.2, 0.25) is 0 Å². The van der Waals surface area contributed by atoms with Crippen LogP contribution in [0.5, 0.6) is 11.5 Å². The molecule has 0 unspecified atom stereocenters. The Balaban J connectivity index is 1.61. The molecule has 5 heterocycles. The molecule has 2 N–H and O–H groups in total. The van der Waals surface area contributed by atoms with Gasteiger partial charge in [-0.3, -0.25) is 9.59 Å². The largest absolute Gasteiger partial charge is 0.457 e. The summed E-state index contributed by atoms with van der Waals surface area (Å²) in [6.07, 6.45) is 0.813. The van der Waals surface area contributed by atoms with Gasteiger partial charge in [0.25, 0.3) is 5.56 Å². The smallest absolute Gasteiger partial charge is 0.355 e. The van der Waals surface area contributed by atoms with Gasteiger partial charge < -0.3 is 29.2 Å². The number of carbonyl (C=O) groups excluding carboxylic acids is 2. The van der Waals surface area contributed by atoms with E-state index in [9.17, 15) is 14.4 Å². The monoisotopic (exact) mass is 477 g/mol. The second-order valence-corrected chi connectivity index (χ2v) is 8.74. The van der Waals surface area contributed by atoms with Gasteiger partial charge >= 0.3 is 11.9 Å². The van der Waals surface area contributed by atoms with Crippen molar-refractivity contribution in [3.63, 3.8) is 0 Å². The third kappa shape index (κ3) is 2.86. The van der Waals surface area contributed by atoms with E-state index in [1.54, 1.807) is 17.6 Å². The molecule has 10 heteroatoms. The first-order valence-corrected chi connectivity index (χ1v) is 11.5. The number of pyridine rings is 2. The Hall–Kier alpha value is -3.92. The molecule has 0 amide bonds. The van der Waals surface area contributed by atoms with Crippen molar-refractivity contribution in [2.24, 2.45) is 5.73 Å². The number of esters is 2. The molecule has 180 valence electrons. The fourth-order valence-corrected chi connectivity index (χ4v) is 5.35. The minimum atomic E-state index is -1.74. The highest BCUT2D eigenvalue weighted by molar-refractivity contribution is 5.91. The number of fused-ring (bicyclic) bond motifs is 6. The lowest BCUT2D eigenvalue weighted by molar-refractivity contribution is -0.188. The van der Waals surface area contributed by atoms with Crippen molar-refractivity contribution in [3.8, 4) is 22.9 Å². The summed E-state index contributed by atoms with van der Waals surface area (Å²) in [5, 5.41) is 0.944. The van der Waals surface area contributed by atoms with Crippen molar-refractivity contribution in [1.82, 2.24) is 9.55 Å². The molecule has 0 aliphatic carbocycles. The first-order chi connectivity index (χ1) is 16.9. The number of hydrogen-bond acceptors (Lipinski definition) is 9. The Labute approximate surface area is 199 Å². The molecule has 0 bridgehead atoms. The standard InChI is InChI=1S/C25H23N3O7/c1-3-12-13-5-19-20(34-11-33-19)7-17(13)27-22-14(12)9-28-18(22)6-16-15(23(28)30)10-32-24(31)25(16,4-2)35-21(29)8-26/h5-7H,3-4,8-11,26H2,1-2H3/t25-/m0/s1.